The maximum absolute atomic E-state index is 10.6. The Morgan fingerprint density at radius 2 is 2.07 bits per heavy atom. The first-order valence-corrected chi connectivity index (χ1v) is 5.10. The molecular formula is C12H14O2. The van der Waals surface area contributed by atoms with Crippen molar-refractivity contribution in [2.45, 2.75) is 31.0 Å². The second-order valence-electron chi connectivity index (χ2n) is 4.54. The summed E-state index contributed by atoms with van der Waals surface area (Å²) in [5.41, 5.74) is 1.26. The van der Waals surface area contributed by atoms with E-state index >= 15 is 0 Å². The van der Waals surface area contributed by atoms with Crippen LogP contribution in [0.1, 0.15) is 24.5 Å². The molecule has 0 radical (unpaired) electrons. The van der Waals surface area contributed by atoms with Crippen LogP contribution in [0.2, 0.25) is 0 Å². The standard InChI is InChI=1S/C12H14O2/c1-11(8-14-11)12(13)7-6-9-4-2-3-5-10(9)12/h2-5,13H,6-8H2,1H3. The quantitative estimate of drug-likeness (QED) is 0.682. The molecule has 14 heavy (non-hydrogen) atoms. The Bertz CT molecular complexity index is 382. The van der Waals surface area contributed by atoms with Crippen LogP contribution in [0.25, 0.3) is 0 Å². The zero-order valence-corrected chi connectivity index (χ0v) is 8.29. The predicted octanol–water partition coefficient (Wildman–Crippen LogP) is 1.61. The Balaban J connectivity index is 2.13. The third-order valence-electron chi connectivity index (χ3n) is 3.67. The summed E-state index contributed by atoms with van der Waals surface area (Å²) < 4.78 is 5.39. The molecule has 2 unspecified atom stereocenters. The maximum Gasteiger partial charge on any atom is 0.121 e. The molecule has 1 aromatic carbocycles. The van der Waals surface area contributed by atoms with Gasteiger partial charge in [-0.25, -0.2) is 0 Å². The van der Waals surface area contributed by atoms with Gasteiger partial charge in [-0.15, -0.1) is 0 Å². The van der Waals surface area contributed by atoms with Crippen molar-refractivity contribution in [3.63, 3.8) is 0 Å². The van der Waals surface area contributed by atoms with Gasteiger partial charge < -0.3 is 9.84 Å². The van der Waals surface area contributed by atoms with Crippen LogP contribution in [-0.4, -0.2) is 17.3 Å². The Morgan fingerprint density at radius 3 is 2.79 bits per heavy atom. The van der Waals surface area contributed by atoms with Gasteiger partial charge in [0, 0.05) is 0 Å². The molecular weight excluding hydrogens is 176 g/mol. The van der Waals surface area contributed by atoms with Crippen LogP contribution in [0.15, 0.2) is 24.3 Å². The number of hydrogen-bond donors (Lipinski definition) is 1. The van der Waals surface area contributed by atoms with Crippen LogP contribution in [0.3, 0.4) is 0 Å². The summed E-state index contributed by atoms with van der Waals surface area (Å²) in [4.78, 5) is 0. The van der Waals surface area contributed by atoms with E-state index < -0.39 is 5.60 Å². The molecule has 2 aliphatic rings. The molecule has 1 aliphatic carbocycles. The summed E-state index contributed by atoms with van der Waals surface area (Å²) in [6, 6.07) is 8.13. The van der Waals surface area contributed by atoms with Gasteiger partial charge in [-0.3, -0.25) is 0 Å². The molecule has 1 aliphatic heterocycles. The van der Waals surface area contributed by atoms with Crippen molar-refractivity contribution in [2.24, 2.45) is 0 Å². The number of hydrogen-bond acceptors (Lipinski definition) is 2. The molecule has 1 aromatic rings. The molecule has 0 aromatic heterocycles. The number of aliphatic hydroxyl groups is 1. The lowest BCUT2D eigenvalue weighted by Gasteiger charge is -2.28. The van der Waals surface area contributed by atoms with Crippen LogP contribution in [-0.2, 0) is 16.8 Å². The van der Waals surface area contributed by atoms with Gasteiger partial charge in [-0.2, -0.15) is 0 Å². The second-order valence-corrected chi connectivity index (χ2v) is 4.54. The average molecular weight is 190 g/mol. The molecule has 1 N–H and O–H groups in total. The van der Waals surface area contributed by atoms with E-state index in [4.69, 9.17) is 4.74 Å². The maximum atomic E-state index is 10.6. The highest BCUT2D eigenvalue weighted by Crippen LogP contribution is 2.51. The number of aryl methyl sites for hydroxylation is 1. The monoisotopic (exact) mass is 190 g/mol. The second kappa shape index (κ2) is 2.38. The fourth-order valence-corrected chi connectivity index (χ4v) is 2.49. The fourth-order valence-electron chi connectivity index (χ4n) is 2.49. The highest BCUT2D eigenvalue weighted by molar-refractivity contribution is 5.40. The number of ether oxygens (including phenoxy) is 1. The van der Waals surface area contributed by atoms with Crippen molar-refractivity contribution >= 4 is 0 Å². The number of benzene rings is 1. The molecule has 0 spiro atoms. The van der Waals surface area contributed by atoms with Gasteiger partial charge in [-0.05, 0) is 30.9 Å². The molecule has 2 atom stereocenters. The molecule has 0 bridgehead atoms. The van der Waals surface area contributed by atoms with Crippen LogP contribution < -0.4 is 0 Å². The van der Waals surface area contributed by atoms with Crippen molar-refractivity contribution in [1.82, 2.24) is 0 Å². The first kappa shape index (κ1) is 8.45. The average Bonchev–Trinajstić information content (AvgIpc) is 2.86. The Labute approximate surface area is 83.5 Å². The van der Waals surface area contributed by atoms with E-state index in [0.29, 0.717) is 6.61 Å². The van der Waals surface area contributed by atoms with Gasteiger partial charge in [0.05, 0.1) is 6.61 Å². The lowest BCUT2D eigenvalue weighted by atomic mass is 9.84. The summed E-state index contributed by atoms with van der Waals surface area (Å²) in [7, 11) is 0. The third-order valence-corrected chi connectivity index (χ3v) is 3.67. The first-order chi connectivity index (χ1) is 6.66. The zero-order chi connectivity index (χ0) is 9.81. The van der Waals surface area contributed by atoms with Crippen molar-refractivity contribution < 1.29 is 9.84 Å². The van der Waals surface area contributed by atoms with E-state index in [-0.39, 0.29) is 5.60 Å². The smallest absolute Gasteiger partial charge is 0.121 e. The predicted molar refractivity (Wildman–Crippen MR) is 53.0 cm³/mol. The lowest BCUT2D eigenvalue weighted by molar-refractivity contribution is -0.0342. The molecule has 1 fully saturated rings. The van der Waals surface area contributed by atoms with Crippen LogP contribution in [0.5, 0.6) is 0 Å². The minimum absolute atomic E-state index is 0.334. The highest BCUT2D eigenvalue weighted by Gasteiger charge is 2.60. The summed E-state index contributed by atoms with van der Waals surface area (Å²) >= 11 is 0. The normalized spacial score (nSPS) is 39.6. The van der Waals surface area contributed by atoms with Gasteiger partial charge in [-0.1, -0.05) is 24.3 Å². The van der Waals surface area contributed by atoms with Crippen LogP contribution >= 0.6 is 0 Å². The SMILES string of the molecule is CC1(C2(O)CCc3ccccc32)CO1. The minimum atomic E-state index is -0.746. The van der Waals surface area contributed by atoms with Gasteiger partial charge in [0.1, 0.15) is 11.2 Å². The van der Waals surface area contributed by atoms with Crippen molar-refractivity contribution in [2.75, 3.05) is 6.61 Å². The zero-order valence-electron chi connectivity index (χ0n) is 8.29. The molecule has 74 valence electrons. The largest absolute Gasteiger partial charge is 0.382 e. The van der Waals surface area contributed by atoms with E-state index in [1.807, 2.05) is 25.1 Å². The lowest BCUT2D eigenvalue weighted by Crippen LogP contribution is -2.38. The van der Waals surface area contributed by atoms with Gasteiger partial charge in [0.15, 0.2) is 0 Å². The van der Waals surface area contributed by atoms with E-state index in [9.17, 15) is 5.11 Å². The first-order valence-electron chi connectivity index (χ1n) is 5.10. The Hall–Kier alpha value is -0.860. The highest BCUT2D eigenvalue weighted by atomic mass is 16.6. The van der Waals surface area contributed by atoms with E-state index in [2.05, 4.69) is 6.07 Å². The topological polar surface area (TPSA) is 32.8 Å². The number of epoxide rings is 1. The van der Waals surface area contributed by atoms with Crippen molar-refractivity contribution in [3.8, 4) is 0 Å². The molecule has 1 heterocycles. The van der Waals surface area contributed by atoms with Gasteiger partial charge >= 0.3 is 0 Å². The molecule has 0 saturated carbocycles. The molecule has 0 amide bonds. The van der Waals surface area contributed by atoms with E-state index in [1.54, 1.807) is 0 Å². The van der Waals surface area contributed by atoms with Crippen LogP contribution in [0, 0.1) is 0 Å². The van der Waals surface area contributed by atoms with Gasteiger partial charge in [0.25, 0.3) is 0 Å². The van der Waals surface area contributed by atoms with E-state index in [0.717, 1.165) is 18.4 Å². The molecule has 2 heteroatoms. The number of rotatable bonds is 1. The third kappa shape index (κ3) is 0.877. The summed E-state index contributed by atoms with van der Waals surface area (Å²) in [5, 5.41) is 10.6. The minimum Gasteiger partial charge on any atom is -0.382 e. The summed E-state index contributed by atoms with van der Waals surface area (Å²) in [6.45, 7) is 2.67. The van der Waals surface area contributed by atoms with Crippen LogP contribution in [0.4, 0.5) is 0 Å². The summed E-state index contributed by atoms with van der Waals surface area (Å²) in [5.74, 6) is 0. The molecule has 1 saturated heterocycles. The van der Waals surface area contributed by atoms with Crippen molar-refractivity contribution in [1.29, 1.82) is 0 Å². The van der Waals surface area contributed by atoms with E-state index in [1.165, 1.54) is 5.56 Å². The molecule has 2 nitrogen and oxygen atoms in total. The Morgan fingerprint density at radius 1 is 1.36 bits per heavy atom. The Kier molecular flexibility index (Phi) is 1.44. The van der Waals surface area contributed by atoms with Gasteiger partial charge in [0.2, 0.25) is 0 Å². The summed E-state index contributed by atoms with van der Waals surface area (Å²) in [6.07, 6.45) is 1.76. The molecule has 3 rings (SSSR count). The fraction of sp³-hybridized carbons (Fsp3) is 0.500. The number of fused-ring (bicyclic) bond motifs is 1. The van der Waals surface area contributed by atoms with Crippen molar-refractivity contribution in [3.05, 3.63) is 35.4 Å².